The molecule has 106 valence electrons. The number of fused-ring (bicyclic) bond motifs is 1. The summed E-state index contributed by atoms with van der Waals surface area (Å²) < 4.78 is 1.43. The van der Waals surface area contributed by atoms with Gasteiger partial charge in [-0.3, -0.25) is 9.69 Å². The van der Waals surface area contributed by atoms with E-state index in [1.165, 1.54) is 21.3 Å². The average Bonchev–Trinajstić information content (AvgIpc) is 2.77. The van der Waals surface area contributed by atoms with Gasteiger partial charge in [0.15, 0.2) is 0 Å². The van der Waals surface area contributed by atoms with E-state index in [4.69, 9.17) is 0 Å². The van der Waals surface area contributed by atoms with Crippen LogP contribution in [0, 0.1) is 0 Å². The predicted octanol–water partition coefficient (Wildman–Crippen LogP) is 0.292. The minimum absolute atomic E-state index is 0.0950. The van der Waals surface area contributed by atoms with Gasteiger partial charge in [0.1, 0.15) is 5.70 Å². The molecule has 0 spiro atoms. The van der Waals surface area contributed by atoms with E-state index >= 15 is 0 Å². The summed E-state index contributed by atoms with van der Waals surface area (Å²) in [7, 11) is 1.73. The number of nitrogens with zero attached hydrogens (tertiary/aromatic N) is 5. The Morgan fingerprint density at radius 1 is 1.55 bits per heavy atom. The third-order valence-corrected chi connectivity index (χ3v) is 6.19. The van der Waals surface area contributed by atoms with Crippen LogP contribution in [0.5, 0.6) is 0 Å². The average molecular weight is 313 g/mol. The summed E-state index contributed by atoms with van der Waals surface area (Å²) in [5, 5.41) is 21.1. The quantitative estimate of drug-likeness (QED) is 0.795. The Labute approximate surface area is 122 Å². The van der Waals surface area contributed by atoms with Gasteiger partial charge in [0.2, 0.25) is 11.1 Å². The summed E-state index contributed by atoms with van der Waals surface area (Å²) in [6.45, 7) is 1.74. The minimum atomic E-state index is -1.07. The third kappa shape index (κ3) is 1.99. The maximum atomic E-state index is 11.6. The van der Waals surface area contributed by atoms with Crippen LogP contribution in [0.2, 0.25) is 0 Å². The maximum Gasteiger partial charge on any atom is 0.352 e. The van der Waals surface area contributed by atoms with E-state index in [1.54, 1.807) is 25.7 Å². The topological polar surface area (TPSA) is 101 Å². The number of carbonyl (C=O) groups is 2. The molecule has 8 nitrogen and oxygen atoms in total. The normalized spacial score (nSPS) is 25.5. The standard InChI is InChI=1S/C10H11N5O3S2/c1-4-7(8(17)18)15-5(16)3-6(15)19-9(4)20-10-11-12-13-14(10)2/h6,9H,3H2,1-2H3,(H,17,18). The fraction of sp³-hybridized carbons (Fsp3) is 0.500. The number of aryl methyl sites for hydroxylation is 1. The molecule has 2 unspecified atom stereocenters. The molecule has 0 radical (unpaired) electrons. The van der Waals surface area contributed by atoms with Gasteiger partial charge in [0.05, 0.1) is 16.4 Å². The van der Waals surface area contributed by atoms with Crippen molar-refractivity contribution in [1.82, 2.24) is 25.1 Å². The first kappa shape index (κ1) is 13.4. The predicted molar refractivity (Wildman–Crippen MR) is 71.6 cm³/mol. The highest BCUT2D eigenvalue weighted by molar-refractivity contribution is 8.17. The summed E-state index contributed by atoms with van der Waals surface area (Å²) in [4.78, 5) is 24.3. The van der Waals surface area contributed by atoms with Crippen molar-refractivity contribution in [2.24, 2.45) is 7.05 Å². The first-order valence-electron chi connectivity index (χ1n) is 5.79. The molecule has 1 amide bonds. The summed E-state index contributed by atoms with van der Waals surface area (Å²) in [6, 6.07) is 0. The van der Waals surface area contributed by atoms with Crippen molar-refractivity contribution >= 4 is 35.4 Å². The summed E-state index contributed by atoms with van der Waals surface area (Å²) in [5.41, 5.74) is 0.748. The fourth-order valence-corrected chi connectivity index (χ4v) is 4.92. The number of carbonyl (C=O) groups excluding carboxylic acids is 1. The van der Waals surface area contributed by atoms with Crippen LogP contribution in [-0.2, 0) is 16.6 Å². The van der Waals surface area contributed by atoms with E-state index in [2.05, 4.69) is 15.5 Å². The van der Waals surface area contributed by atoms with Crippen LogP contribution in [-0.4, -0.2) is 52.0 Å². The van der Waals surface area contributed by atoms with Gasteiger partial charge in [-0.25, -0.2) is 9.48 Å². The Morgan fingerprint density at radius 2 is 2.30 bits per heavy atom. The lowest BCUT2D eigenvalue weighted by atomic mass is 10.1. The fourth-order valence-electron chi connectivity index (χ4n) is 2.12. The zero-order chi connectivity index (χ0) is 14.4. The molecule has 1 aromatic rings. The first-order chi connectivity index (χ1) is 9.49. The Hall–Kier alpha value is -1.55. The highest BCUT2D eigenvalue weighted by Crippen LogP contribution is 2.48. The highest BCUT2D eigenvalue weighted by Gasteiger charge is 2.47. The van der Waals surface area contributed by atoms with Gasteiger partial charge in [-0.1, -0.05) is 11.8 Å². The molecule has 2 atom stereocenters. The lowest BCUT2D eigenvalue weighted by molar-refractivity contribution is -0.146. The van der Waals surface area contributed by atoms with Gasteiger partial charge in [-0.15, -0.1) is 16.9 Å². The van der Waals surface area contributed by atoms with Crippen molar-refractivity contribution < 1.29 is 14.7 Å². The molecule has 3 rings (SSSR count). The second kappa shape index (κ2) is 4.77. The van der Waals surface area contributed by atoms with Crippen LogP contribution in [0.3, 0.4) is 0 Å². The van der Waals surface area contributed by atoms with Crippen LogP contribution < -0.4 is 0 Å². The largest absolute Gasteiger partial charge is 0.477 e. The molecular weight excluding hydrogens is 302 g/mol. The number of carboxylic acids is 1. The van der Waals surface area contributed by atoms with E-state index in [9.17, 15) is 14.7 Å². The Morgan fingerprint density at radius 3 is 2.85 bits per heavy atom. The van der Waals surface area contributed by atoms with Crippen LogP contribution in [0.15, 0.2) is 16.4 Å². The molecule has 1 N–H and O–H groups in total. The SMILES string of the molecule is CC1=C(C(=O)O)N2C(=O)CC2SC1Sc1nnnn1C. The Kier molecular flexibility index (Phi) is 3.21. The summed E-state index contributed by atoms with van der Waals surface area (Å²) in [6.07, 6.45) is 0.378. The molecule has 2 aliphatic heterocycles. The van der Waals surface area contributed by atoms with Crippen molar-refractivity contribution in [3.63, 3.8) is 0 Å². The number of aliphatic carboxylic acids is 1. The number of hydrogen-bond acceptors (Lipinski definition) is 7. The number of aromatic nitrogens is 4. The molecule has 0 aromatic carbocycles. The lowest BCUT2D eigenvalue weighted by Gasteiger charge is -2.45. The number of hydrogen-bond donors (Lipinski definition) is 1. The number of amides is 1. The maximum absolute atomic E-state index is 11.6. The van der Waals surface area contributed by atoms with E-state index in [0.717, 1.165) is 0 Å². The molecule has 1 aromatic heterocycles. The molecule has 1 fully saturated rings. The Bertz CT molecular complexity index is 628. The van der Waals surface area contributed by atoms with Crippen molar-refractivity contribution in [1.29, 1.82) is 0 Å². The number of carboxylic acid groups (broad SMARTS) is 1. The number of rotatable bonds is 3. The first-order valence-corrected chi connectivity index (χ1v) is 7.62. The number of thioether (sulfide) groups is 2. The van der Waals surface area contributed by atoms with Gasteiger partial charge in [0.25, 0.3) is 0 Å². The molecule has 3 heterocycles. The van der Waals surface area contributed by atoms with Crippen LogP contribution in [0.4, 0.5) is 0 Å². The summed E-state index contributed by atoms with van der Waals surface area (Å²) >= 11 is 2.96. The minimum Gasteiger partial charge on any atom is -0.477 e. The van der Waals surface area contributed by atoms with Gasteiger partial charge in [-0.05, 0) is 22.9 Å². The smallest absolute Gasteiger partial charge is 0.352 e. The van der Waals surface area contributed by atoms with E-state index < -0.39 is 5.97 Å². The van der Waals surface area contributed by atoms with Gasteiger partial charge >= 0.3 is 5.97 Å². The van der Waals surface area contributed by atoms with Crippen molar-refractivity contribution in [2.45, 2.75) is 28.5 Å². The van der Waals surface area contributed by atoms with E-state index in [0.29, 0.717) is 17.2 Å². The molecule has 1 saturated heterocycles. The molecule has 0 bridgehead atoms. The third-order valence-electron chi connectivity index (χ3n) is 3.15. The second-order valence-electron chi connectivity index (χ2n) is 4.43. The lowest BCUT2D eigenvalue weighted by Crippen LogP contribution is -2.54. The number of tetrazole rings is 1. The van der Waals surface area contributed by atoms with Crippen molar-refractivity contribution in [3.05, 3.63) is 11.3 Å². The van der Waals surface area contributed by atoms with Gasteiger partial charge in [-0.2, -0.15) is 0 Å². The summed E-state index contributed by atoms with van der Waals surface area (Å²) in [5.74, 6) is -1.20. The number of β-lactam (4-membered cyclic amide) rings is 1. The second-order valence-corrected chi connectivity index (χ2v) is 7.09. The zero-order valence-corrected chi connectivity index (χ0v) is 12.3. The molecule has 10 heteroatoms. The van der Waals surface area contributed by atoms with Crippen molar-refractivity contribution in [3.8, 4) is 0 Å². The van der Waals surface area contributed by atoms with Crippen LogP contribution in [0.25, 0.3) is 0 Å². The molecule has 20 heavy (non-hydrogen) atoms. The van der Waals surface area contributed by atoms with E-state index in [-0.39, 0.29) is 21.6 Å². The molecule has 0 aliphatic carbocycles. The Balaban J connectivity index is 1.92. The van der Waals surface area contributed by atoms with Crippen LogP contribution in [0.1, 0.15) is 13.3 Å². The van der Waals surface area contributed by atoms with Gasteiger partial charge < -0.3 is 5.11 Å². The molecule has 0 saturated carbocycles. The van der Waals surface area contributed by atoms with Gasteiger partial charge in [0, 0.05) is 7.05 Å². The monoisotopic (exact) mass is 313 g/mol. The van der Waals surface area contributed by atoms with E-state index in [1.807, 2.05) is 0 Å². The van der Waals surface area contributed by atoms with Crippen molar-refractivity contribution in [2.75, 3.05) is 0 Å². The molecule has 2 aliphatic rings. The van der Waals surface area contributed by atoms with Crippen LogP contribution >= 0.6 is 23.5 Å². The molecular formula is C10H11N5O3S2. The highest BCUT2D eigenvalue weighted by atomic mass is 32.2. The zero-order valence-electron chi connectivity index (χ0n) is 10.7.